The van der Waals surface area contributed by atoms with Gasteiger partial charge in [-0.25, -0.2) is 4.79 Å². The number of hydrogen-bond donors (Lipinski definition) is 2. The van der Waals surface area contributed by atoms with Crippen molar-refractivity contribution in [3.63, 3.8) is 0 Å². The number of aromatic nitrogens is 1. The molecule has 1 saturated heterocycles. The fraction of sp³-hybridized carbons (Fsp3) is 0.600. The smallest absolute Gasteiger partial charge is 0.317 e. The monoisotopic (exact) mass is 309 g/mol. The first-order valence-corrected chi connectivity index (χ1v) is 7.59. The Morgan fingerprint density at radius 1 is 1.50 bits per heavy atom. The number of amides is 2. The number of aliphatic hydroxyl groups is 1. The molecule has 0 aliphatic carbocycles. The van der Waals surface area contributed by atoms with E-state index in [0.29, 0.717) is 32.7 Å². The molecular formula is C15H23N3O4. The number of likely N-dealkylation sites (N-methyl/N-ethyl adjacent to an activating group) is 1. The predicted octanol–water partition coefficient (Wildman–Crippen LogP) is 0.0296. The Hall–Kier alpha value is -1.86. The van der Waals surface area contributed by atoms with Crippen LogP contribution in [0.3, 0.4) is 0 Å². The first kappa shape index (κ1) is 16.5. The second-order valence-electron chi connectivity index (χ2n) is 5.28. The van der Waals surface area contributed by atoms with Crippen molar-refractivity contribution < 1.29 is 14.6 Å². The minimum atomic E-state index is -0.631. The summed E-state index contributed by atoms with van der Waals surface area (Å²) in [5, 5.41) is 12.6. The number of aliphatic hydroxyl groups excluding tert-OH is 1. The average Bonchev–Trinajstić information content (AvgIpc) is 2.92. The molecule has 0 aromatic carbocycles. The van der Waals surface area contributed by atoms with E-state index in [9.17, 15) is 14.7 Å². The summed E-state index contributed by atoms with van der Waals surface area (Å²) in [5.41, 5.74) is -0.0461. The summed E-state index contributed by atoms with van der Waals surface area (Å²) in [5.74, 6) is 0. The van der Waals surface area contributed by atoms with Gasteiger partial charge < -0.3 is 24.6 Å². The van der Waals surface area contributed by atoms with Crippen LogP contribution in [0.15, 0.2) is 29.2 Å². The molecular weight excluding hydrogens is 286 g/mol. The van der Waals surface area contributed by atoms with Crippen molar-refractivity contribution in [2.75, 3.05) is 26.3 Å². The second-order valence-corrected chi connectivity index (χ2v) is 5.28. The number of rotatable bonds is 6. The van der Waals surface area contributed by atoms with E-state index in [0.717, 1.165) is 0 Å². The zero-order valence-electron chi connectivity index (χ0n) is 12.8. The van der Waals surface area contributed by atoms with Gasteiger partial charge in [-0.3, -0.25) is 4.79 Å². The minimum Gasteiger partial charge on any atom is -0.388 e. The van der Waals surface area contributed by atoms with Crippen LogP contribution >= 0.6 is 0 Å². The van der Waals surface area contributed by atoms with E-state index >= 15 is 0 Å². The molecule has 122 valence electrons. The Bertz CT molecular complexity index is 546. The lowest BCUT2D eigenvalue weighted by atomic mass is 10.2. The third-order valence-corrected chi connectivity index (χ3v) is 3.77. The van der Waals surface area contributed by atoms with Gasteiger partial charge in [0.15, 0.2) is 0 Å². The van der Waals surface area contributed by atoms with Crippen LogP contribution in [0.1, 0.15) is 13.3 Å². The van der Waals surface area contributed by atoms with Gasteiger partial charge in [-0.05, 0) is 19.4 Å². The summed E-state index contributed by atoms with van der Waals surface area (Å²) in [6, 6.07) is 4.52. The van der Waals surface area contributed by atoms with E-state index in [1.165, 1.54) is 6.07 Å². The summed E-state index contributed by atoms with van der Waals surface area (Å²) in [6.07, 6.45) is 1.76. The highest BCUT2D eigenvalue weighted by Gasteiger charge is 2.33. The van der Waals surface area contributed by atoms with Crippen LogP contribution in [-0.2, 0) is 11.3 Å². The van der Waals surface area contributed by atoms with Crippen LogP contribution in [0, 0.1) is 0 Å². The average molecular weight is 309 g/mol. The molecule has 0 spiro atoms. The van der Waals surface area contributed by atoms with Crippen molar-refractivity contribution in [2.24, 2.45) is 0 Å². The molecule has 1 aliphatic heterocycles. The van der Waals surface area contributed by atoms with E-state index in [1.54, 1.807) is 27.8 Å². The maximum Gasteiger partial charge on any atom is 0.317 e. The predicted molar refractivity (Wildman–Crippen MR) is 81.7 cm³/mol. The van der Waals surface area contributed by atoms with E-state index in [2.05, 4.69) is 5.32 Å². The molecule has 0 radical (unpaired) electrons. The maximum absolute atomic E-state index is 12.2. The van der Waals surface area contributed by atoms with Crippen LogP contribution in [0.4, 0.5) is 4.79 Å². The first-order valence-electron chi connectivity index (χ1n) is 7.59. The molecule has 1 aromatic heterocycles. The molecule has 0 unspecified atom stereocenters. The summed E-state index contributed by atoms with van der Waals surface area (Å²) < 4.78 is 6.80. The summed E-state index contributed by atoms with van der Waals surface area (Å²) in [6.45, 7) is 4.04. The molecule has 1 aliphatic rings. The third-order valence-electron chi connectivity index (χ3n) is 3.77. The molecule has 2 N–H and O–H groups in total. The van der Waals surface area contributed by atoms with Crippen molar-refractivity contribution in [1.29, 1.82) is 0 Å². The maximum atomic E-state index is 12.2. The Balaban J connectivity index is 1.77. The Morgan fingerprint density at radius 3 is 2.95 bits per heavy atom. The van der Waals surface area contributed by atoms with Gasteiger partial charge in [0.25, 0.3) is 0 Å². The molecule has 2 amide bonds. The van der Waals surface area contributed by atoms with Crippen molar-refractivity contribution in [1.82, 2.24) is 14.8 Å². The number of aryl methyl sites for hydroxylation is 1. The minimum absolute atomic E-state index is 0.0461. The van der Waals surface area contributed by atoms with Gasteiger partial charge in [-0.15, -0.1) is 0 Å². The van der Waals surface area contributed by atoms with Crippen molar-refractivity contribution >= 4 is 6.03 Å². The Morgan fingerprint density at radius 2 is 2.32 bits per heavy atom. The highest BCUT2D eigenvalue weighted by molar-refractivity contribution is 5.74. The number of pyridine rings is 1. The molecule has 1 aromatic rings. The van der Waals surface area contributed by atoms with Gasteiger partial charge in [0.1, 0.15) is 0 Å². The number of carbonyl (C=O) groups excluding carboxylic acids is 1. The topological polar surface area (TPSA) is 83.8 Å². The number of nitrogens with one attached hydrogen (secondary N) is 1. The van der Waals surface area contributed by atoms with Crippen LogP contribution in [0.2, 0.25) is 0 Å². The number of carbonyl (C=O) groups is 1. The van der Waals surface area contributed by atoms with Crippen molar-refractivity contribution in [2.45, 2.75) is 32.0 Å². The Labute approximate surface area is 129 Å². The molecule has 0 saturated carbocycles. The summed E-state index contributed by atoms with van der Waals surface area (Å²) >= 11 is 0. The summed E-state index contributed by atoms with van der Waals surface area (Å²) in [7, 11) is 0. The molecule has 22 heavy (non-hydrogen) atoms. The summed E-state index contributed by atoms with van der Waals surface area (Å²) in [4.78, 5) is 25.3. The lowest BCUT2D eigenvalue weighted by Gasteiger charge is -2.28. The largest absolute Gasteiger partial charge is 0.388 e. The van der Waals surface area contributed by atoms with Gasteiger partial charge >= 0.3 is 6.03 Å². The van der Waals surface area contributed by atoms with Crippen LogP contribution < -0.4 is 10.9 Å². The third kappa shape index (κ3) is 4.08. The van der Waals surface area contributed by atoms with Crippen LogP contribution in [-0.4, -0.2) is 59.1 Å². The number of urea groups is 1. The van der Waals surface area contributed by atoms with Gasteiger partial charge in [-0.2, -0.15) is 0 Å². The first-order chi connectivity index (χ1) is 10.6. The quantitative estimate of drug-likeness (QED) is 0.726. The van der Waals surface area contributed by atoms with Gasteiger partial charge in [0, 0.05) is 31.9 Å². The second kappa shape index (κ2) is 7.95. The van der Waals surface area contributed by atoms with Gasteiger partial charge in [0.2, 0.25) is 5.56 Å². The van der Waals surface area contributed by atoms with Gasteiger partial charge in [0.05, 0.1) is 25.4 Å². The van der Waals surface area contributed by atoms with E-state index in [4.69, 9.17) is 4.74 Å². The fourth-order valence-corrected chi connectivity index (χ4v) is 2.55. The highest BCUT2D eigenvalue weighted by atomic mass is 16.5. The molecule has 2 heterocycles. The van der Waals surface area contributed by atoms with E-state index in [1.807, 2.05) is 6.92 Å². The van der Waals surface area contributed by atoms with E-state index in [-0.39, 0.29) is 24.2 Å². The zero-order chi connectivity index (χ0) is 15.9. The highest BCUT2D eigenvalue weighted by Crippen LogP contribution is 2.13. The SMILES string of the molecule is CCN(C(=O)NCCCn1ccccc1=O)[C@H]1COC[C@@H]1O. The molecule has 2 atom stereocenters. The Kier molecular flexibility index (Phi) is 5.97. The molecule has 0 bridgehead atoms. The standard InChI is InChI=1S/C15H23N3O4/c1-2-18(12-10-22-11-13(12)19)15(21)16-7-5-9-17-8-4-3-6-14(17)20/h3-4,6,8,12-13,19H,2,5,7,9-11H2,1H3,(H,16,21)/t12-,13-/m0/s1. The lowest BCUT2D eigenvalue weighted by Crippen LogP contribution is -2.50. The van der Waals surface area contributed by atoms with Crippen LogP contribution in [0.5, 0.6) is 0 Å². The van der Waals surface area contributed by atoms with Crippen LogP contribution in [0.25, 0.3) is 0 Å². The number of hydrogen-bond acceptors (Lipinski definition) is 4. The zero-order valence-corrected chi connectivity index (χ0v) is 12.8. The fourth-order valence-electron chi connectivity index (χ4n) is 2.55. The lowest BCUT2D eigenvalue weighted by molar-refractivity contribution is 0.0963. The molecule has 1 fully saturated rings. The van der Waals surface area contributed by atoms with Crippen molar-refractivity contribution in [3.8, 4) is 0 Å². The normalized spacial score (nSPS) is 20.8. The van der Waals surface area contributed by atoms with Gasteiger partial charge in [-0.1, -0.05) is 6.07 Å². The molecule has 7 heteroatoms. The van der Waals surface area contributed by atoms with E-state index < -0.39 is 6.10 Å². The number of nitrogens with zero attached hydrogens (tertiary/aromatic N) is 2. The molecule has 7 nitrogen and oxygen atoms in total. The number of ether oxygens (including phenoxy) is 1. The van der Waals surface area contributed by atoms with Crippen molar-refractivity contribution in [3.05, 3.63) is 34.7 Å². The molecule has 2 rings (SSSR count).